The lowest BCUT2D eigenvalue weighted by molar-refractivity contribution is -0.00351. The van der Waals surface area contributed by atoms with Crippen molar-refractivity contribution < 1.29 is 14.2 Å². The molecule has 42 heavy (non-hydrogen) atoms. The van der Waals surface area contributed by atoms with Gasteiger partial charge in [0.15, 0.2) is 0 Å². The first-order chi connectivity index (χ1) is 20.3. The van der Waals surface area contributed by atoms with E-state index in [0.29, 0.717) is 38.3 Å². The summed E-state index contributed by atoms with van der Waals surface area (Å²) in [5, 5.41) is 6.29. The molecule has 3 atom stereocenters. The number of benzene rings is 4. The van der Waals surface area contributed by atoms with E-state index in [4.69, 9.17) is 14.2 Å². The summed E-state index contributed by atoms with van der Waals surface area (Å²) in [6.07, 6.45) is 0.975. The molecule has 0 spiro atoms. The monoisotopic (exact) mass is 565 g/mol. The van der Waals surface area contributed by atoms with Gasteiger partial charge in [0.2, 0.25) is 0 Å². The molecule has 222 valence electrons. The van der Waals surface area contributed by atoms with Crippen molar-refractivity contribution in [2.24, 2.45) is 5.92 Å². The van der Waals surface area contributed by atoms with Gasteiger partial charge in [-0.05, 0) is 114 Å². The molecule has 4 heteroatoms. The zero-order valence-corrected chi connectivity index (χ0v) is 26.3. The standard InChI is InChI=1S/C38H47NO3/c1-25-10-7-8-11-32(25)23-40-16-9-17-41-34-14-12-31(13-15-34)38-29(5)21-39-22-37(38)42-24-33-18-28(4)35-19-26(2)27(3)20-36(35)30(33)6/h7-8,10-15,18-20,29,37-39H,9,16-17,21-24H2,1-6H3/t29?,37-,38+/m0/s1. The van der Waals surface area contributed by atoms with Crippen molar-refractivity contribution in [2.45, 2.75) is 73.2 Å². The van der Waals surface area contributed by atoms with Gasteiger partial charge in [-0.2, -0.15) is 0 Å². The molecule has 1 N–H and O–H groups in total. The molecular weight excluding hydrogens is 518 g/mol. The van der Waals surface area contributed by atoms with Crippen molar-refractivity contribution in [2.75, 3.05) is 26.3 Å². The Morgan fingerprint density at radius 2 is 1.45 bits per heavy atom. The van der Waals surface area contributed by atoms with Crippen LogP contribution in [0.25, 0.3) is 10.8 Å². The number of fused-ring (bicyclic) bond motifs is 1. The molecule has 4 aromatic rings. The second-order valence-electron chi connectivity index (χ2n) is 12.2. The summed E-state index contributed by atoms with van der Waals surface area (Å²) < 4.78 is 18.6. The van der Waals surface area contributed by atoms with Gasteiger partial charge < -0.3 is 19.5 Å². The molecule has 1 aliphatic heterocycles. The third-order valence-electron chi connectivity index (χ3n) is 9.10. The average Bonchev–Trinajstić information content (AvgIpc) is 2.98. The second kappa shape index (κ2) is 13.9. The number of hydrogen-bond acceptors (Lipinski definition) is 4. The number of nitrogens with one attached hydrogen (secondary N) is 1. The molecule has 0 aliphatic carbocycles. The largest absolute Gasteiger partial charge is 0.494 e. The molecule has 0 amide bonds. The minimum Gasteiger partial charge on any atom is -0.494 e. The average molecular weight is 566 g/mol. The van der Waals surface area contributed by atoms with Gasteiger partial charge in [0.25, 0.3) is 0 Å². The first-order valence-corrected chi connectivity index (χ1v) is 15.5. The van der Waals surface area contributed by atoms with E-state index < -0.39 is 0 Å². The SMILES string of the molecule is Cc1cc2c(C)cc(CO[C@H]3CNCC(C)[C@@H]3c3ccc(OCCCOCc4ccccc4C)cc3)c(C)c2cc1C. The van der Waals surface area contributed by atoms with E-state index in [9.17, 15) is 0 Å². The lowest BCUT2D eigenvalue weighted by Gasteiger charge is -2.37. The molecule has 0 bridgehead atoms. The highest BCUT2D eigenvalue weighted by Crippen LogP contribution is 2.35. The van der Waals surface area contributed by atoms with E-state index in [1.807, 2.05) is 0 Å². The lowest BCUT2D eigenvalue weighted by Crippen LogP contribution is -2.45. The summed E-state index contributed by atoms with van der Waals surface area (Å²) in [5.74, 6) is 1.72. The fourth-order valence-corrected chi connectivity index (χ4v) is 6.29. The summed E-state index contributed by atoms with van der Waals surface area (Å²) in [7, 11) is 0. The Labute approximate surface area is 252 Å². The second-order valence-corrected chi connectivity index (χ2v) is 12.2. The highest BCUT2D eigenvalue weighted by atomic mass is 16.5. The normalized spacial score (nSPS) is 18.9. The highest BCUT2D eigenvalue weighted by molar-refractivity contribution is 5.90. The van der Waals surface area contributed by atoms with Crippen molar-refractivity contribution in [1.29, 1.82) is 0 Å². The summed E-state index contributed by atoms with van der Waals surface area (Å²) in [6, 6.07) is 24.0. The molecule has 4 aromatic carbocycles. The number of aryl methyl sites for hydroxylation is 5. The van der Waals surface area contributed by atoms with Crippen LogP contribution in [0.3, 0.4) is 0 Å². The molecule has 4 nitrogen and oxygen atoms in total. The van der Waals surface area contributed by atoms with E-state index in [2.05, 4.69) is 114 Å². The molecule has 0 aromatic heterocycles. The zero-order chi connectivity index (χ0) is 29.6. The third kappa shape index (κ3) is 7.06. The smallest absolute Gasteiger partial charge is 0.119 e. The Hall–Kier alpha value is -3.18. The first kappa shape index (κ1) is 30.3. The quantitative estimate of drug-likeness (QED) is 0.186. The van der Waals surface area contributed by atoms with Crippen LogP contribution >= 0.6 is 0 Å². The van der Waals surface area contributed by atoms with E-state index in [0.717, 1.165) is 25.3 Å². The van der Waals surface area contributed by atoms with Crippen LogP contribution in [-0.4, -0.2) is 32.4 Å². The van der Waals surface area contributed by atoms with Gasteiger partial charge in [-0.25, -0.2) is 0 Å². The summed E-state index contributed by atoms with van der Waals surface area (Å²) in [6.45, 7) is 17.8. The van der Waals surface area contributed by atoms with Gasteiger partial charge in [0.1, 0.15) is 5.75 Å². The maximum atomic E-state index is 6.71. The van der Waals surface area contributed by atoms with Crippen LogP contribution in [0, 0.1) is 40.5 Å². The van der Waals surface area contributed by atoms with Crippen molar-refractivity contribution in [3.63, 3.8) is 0 Å². The maximum absolute atomic E-state index is 6.71. The Kier molecular flexibility index (Phi) is 9.99. The summed E-state index contributed by atoms with van der Waals surface area (Å²) in [5.41, 5.74) is 10.5. The van der Waals surface area contributed by atoms with Crippen molar-refractivity contribution >= 4 is 10.8 Å². The molecule has 1 fully saturated rings. The van der Waals surface area contributed by atoms with E-state index in [1.54, 1.807) is 0 Å². The fourth-order valence-electron chi connectivity index (χ4n) is 6.29. The van der Waals surface area contributed by atoms with Crippen LogP contribution in [0.1, 0.15) is 63.8 Å². The van der Waals surface area contributed by atoms with Gasteiger partial charge in [0.05, 0.1) is 32.5 Å². The molecular formula is C38H47NO3. The Morgan fingerprint density at radius 3 is 2.21 bits per heavy atom. The summed E-state index contributed by atoms with van der Waals surface area (Å²) >= 11 is 0. The lowest BCUT2D eigenvalue weighted by atomic mass is 9.80. The molecule has 1 saturated heterocycles. The molecule has 5 rings (SSSR count). The minimum atomic E-state index is 0.112. The van der Waals surface area contributed by atoms with Gasteiger partial charge in [-0.15, -0.1) is 0 Å². The molecule has 1 unspecified atom stereocenters. The van der Waals surface area contributed by atoms with Crippen molar-refractivity contribution in [1.82, 2.24) is 5.32 Å². The van der Waals surface area contributed by atoms with Crippen LogP contribution in [0.15, 0.2) is 66.7 Å². The Bertz CT molecular complexity index is 1490. The van der Waals surface area contributed by atoms with Crippen LogP contribution in [0.4, 0.5) is 0 Å². The number of hydrogen-bond donors (Lipinski definition) is 1. The van der Waals surface area contributed by atoms with Crippen LogP contribution in [-0.2, 0) is 22.7 Å². The molecule has 1 heterocycles. The van der Waals surface area contributed by atoms with Gasteiger partial charge in [-0.1, -0.05) is 61.5 Å². The number of ether oxygens (including phenoxy) is 3. The predicted octanol–water partition coefficient (Wildman–Crippen LogP) is 8.28. The number of rotatable bonds is 11. The fraction of sp³-hybridized carbons (Fsp3) is 0.421. The van der Waals surface area contributed by atoms with Crippen LogP contribution in [0.5, 0.6) is 5.75 Å². The maximum Gasteiger partial charge on any atom is 0.119 e. The van der Waals surface area contributed by atoms with Crippen LogP contribution < -0.4 is 10.1 Å². The van der Waals surface area contributed by atoms with E-state index in [-0.39, 0.29) is 6.10 Å². The van der Waals surface area contributed by atoms with E-state index in [1.165, 1.54) is 55.3 Å². The Morgan fingerprint density at radius 1 is 0.714 bits per heavy atom. The van der Waals surface area contributed by atoms with Crippen molar-refractivity contribution in [3.8, 4) is 5.75 Å². The number of piperidine rings is 1. The minimum absolute atomic E-state index is 0.112. The highest BCUT2D eigenvalue weighted by Gasteiger charge is 2.32. The predicted molar refractivity (Wildman–Crippen MR) is 174 cm³/mol. The molecule has 1 aliphatic rings. The van der Waals surface area contributed by atoms with E-state index >= 15 is 0 Å². The molecule has 0 radical (unpaired) electrons. The topological polar surface area (TPSA) is 39.7 Å². The molecule has 0 saturated carbocycles. The van der Waals surface area contributed by atoms with Crippen molar-refractivity contribution in [3.05, 3.63) is 111 Å². The van der Waals surface area contributed by atoms with Gasteiger partial charge in [0, 0.05) is 18.9 Å². The third-order valence-corrected chi connectivity index (χ3v) is 9.10. The summed E-state index contributed by atoms with van der Waals surface area (Å²) in [4.78, 5) is 0. The van der Waals surface area contributed by atoms with Crippen LogP contribution in [0.2, 0.25) is 0 Å². The zero-order valence-electron chi connectivity index (χ0n) is 26.3. The first-order valence-electron chi connectivity index (χ1n) is 15.5. The van der Waals surface area contributed by atoms with Gasteiger partial charge >= 0.3 is 0 Å². The Balaban J connectivity index is 1.17. The van der Waals surface area contributed by atoms with Gasteiger partial charge in [-0.3, -0.25) is 0 Å².